The second-order valence-electron chi connectivity index (χ2n) is 10.9. The first-order valence-corrected chi connectivity index (χ1v) is 13.1. The lowest BCUT2D eigenvalue weighted by molar-refractivity contribution is -0.161. The molecule has 0 saturated carbocycles. The van der Waals surface area contributed by atoms with Crippen LogP contribution >= 0.6 is 0 Å². The molecule has 0 radical (unpaired) electrons. The van der Waals surface area contributed by atoms with Crippen LogP contribution in [0.4, 0.5) is 0 Å². The molecule has 1 aliphatic rings. The van der Waals surface area contributed by atoms with Gasteiger partial charge in [0.25, 0.3) is 0 Å². The molecule has 0 aliphatic carbocycles. The number of esters is 1. The van der Waals surface area contributed by atoms with Crippen molar-refractivity contribution < 1.29 is 24.2 Å². The third-order valence-electron chi connectivity index (χ3n) is 6.70. The Labute approximate surface area is 216 Å². The molecule has 2 amide bonds. The van der Waals surface area contributed by atoms with E-state index in [1.54, 1.807) is 0 Å². The van der Waals surface area contributed by atoms with Crippen molar-refractivity contribution in [1.29, 1.82) is 0 Å². The van der Waals surface area contributed by atoms with Crippen molar-refractivity contribution in [3.63, 3.8) is 0 Å². The Kier molecular flexibility index (Phi) is 11.4. The minimum atomic E-state index is -0.652. The van der Waals surface area contributed by atoms with Crippen molar-refractivity contribution in [2.24, 2.45) is 11.8 Å². The summed E-state index contributed by atoms with van der Waals surface area (Å²) in [7, 11) is 0. The average molecular weight is 504 g/mol. The summed E-state index contributed by atoms with van der Waals surface area (Å²) < 4.78 is 5.80. The molecule has 0 bridgehead atoms. The van der Waals surface area contributed by atoms with Crippen molar-refractivity contribution in [3.8, 4) is 0 Å². The fourth-order valence-electron chi connectivity index (χ4n) is 5.25. The molecule has 3 unspecified atom stereocenters. The zero-order chi connectivity index (χ0) is 26.9. The van der Waals surface area contributed by atoms with Gasteiger partial charge in [0.1, 0.15) is 11.6 Å². The van der Waals surface area contributed by atoms with E-state index in [9.17, 15) is 14.4 Å². The fraction of sp³-hybridized carbons (Fsp3) is 0.679. The quantitative estimate of drug-likeness (QED) is 0.379. The number of nitrogens with zero attached hydrogens (tertiary/aromatic N) is 1. The summed E-state index contributed by atoms with van der Waals surface area (Å²) in [6.45, 7) is 11.6. The highest BCUT2D eigenvalue weighted by Crippen LogP contribution is 2.34. The molecule has 2 rings (SSSR count). The predicted octanol–water partition coefficient (Wildman–Crippen LogP) is 2.68. The molecule has 1 fully saturated rings. The van der Waals surface area contributed by atoms with E-state index in [-0.39, 0.29) is 48.9 Å². The monoisotopic (exact) mass is 503 g/mol. The Hall–Kier alpha value is -2.45. The molecule has 1 heterocycles. The van der Waals surface area contributed by atoms with Gasteiger partial charge in [0, 0.05) is 32.1 Å². The maximum atomic E-state index is 13.4. The number of benzene rings is 1. The van der Waals surface area contributed by atoms with Crippen molar-refractivity contribution in [2.75, 3.05) is 19.7 Å². The van der Waals surface area contributed by atoms with Gasteiger partial charge in [-0.2, -0.15) is 0 Å². The first-order chi connectivity index (χ1) is 17.0. The summed E-state index contributed by atoms with van der Waals surface area (Å²) in [5.74, 6) is -0.927. The van der Waals surface area contributed by atoms with Gasteiger partial charge in [0.05, 0.1) is 12.5 Å². The molecular formula is C28H45N3O5. The highest BCUT2D eigenvalue weighted by atomic mass is 16.6. The molecule has 0 spiro atoms. The van der Waals surface area contributed by atoms with Crippen LogP contribution in [0.2, 0.25) is 0 Å². The Morgan fingerprint density at radius 1 is 1.19 bits per heavy atom. The minimum Gasteiger partial charge on any atom is -0.459 e. The second-order valence-corrected chi connectivity index (χ2v) is 10.9. The first-order valence-electron chi connectivity index (χ1n) is 13.1. The highest BCUT2D eigenvalue weighted by Gasteiger charge is 2.47. The van der Waals surface area contributed by atoms with Crippen molar-refractivity contribution >= 4 is 17.8 Å². The number of carbonyl (C=O) groups is 3. The van der Waals surface area contributed by atoms with Gasteiger partial charge in [-0.15, -0.1) is 0 Å². The van der Waals surface area contributed by atoms with Crippen LogP contribution in [-0.4, -0.2) is 71.2 Å². The third-order valence-corrected chi connectivity index (χ3v) is 6.70. The van der Waals surface area contributed by atoms with Crippen LogP contribution < -0.4 is 10.6 Å². The number of hydrogen-bond acceptors (Lipinski definition) is 6. The topological polar surface area (TPSA) is 108 Å². The van der Waals surface area contributed by atoms with Gasteiger partial charge in [-0.1, -0.05) is 43.7 Å². The van der Waals surface area contributed by atoms with Crippen LogP contribution in [0.15, 0.2) is 30.3 Å². The summed E-state index contributed by atoms with van der Waals surface area (Å²) in [5, 5.41) is 15.0. The SMILES string of the molecule is CCC[C@@H](C(C)NC(C)=O)[C@H](Cc1ccccc1)N1CC(C(=O)NCCO)CC1C(=O)OC(C)(C)C. The van der Waals surface area contributed by atoms with Crippen LogP contribution in [-0.2, 0) is 25.5 Å². The Balaban J connectivity index is 2.49. The molecule has 1 saturated heterocycles. The van der Waals surface area contributed by atoms with Crippen LogP contribution in [0.3, 0.4) is 0 Å². The number of aliphatic hydroxyl groups is 1. The fourth-order valence-corrected chi connectivity index (χ4v) is 5.25. The predicted molar refractivity (Wildman–Crippen MR) is 140 cm³/mol. The zero-order valence-corrected chi connectivity index (χ0v) is 22.8. The molecule has 1 aromatic carbocycles. The van der Waals surface area contributed by atoms with E-state index in [1.165, 1.54) is 6.92 Å². The van der Waals surface area contributed by atoms with E-state index in [0.29, 0.717) is 19.4 Å². The van der Waals surface area contributed by atoms with Crippen molar-refractivity contribution in [3.05, 3.63) is 35.9 Å². The number of rotatable bonds is 12. The number of carbonyl (C=O) groups excluding carboxylic acids is 3. The van der Waals surface area contributed by atoms with E-state index in [4.69, 9.17) is 9.84 Å². The van der Waals surface area contributed by atoms with E-state index in [2.05, 4.69) is 34.6 Å². The molecule has 0 aromatic heterocycles. The number of hydrogen-bond donors (Lipinski definition) is 3. The lowest BCUT2D eigenvalue weighted by Crippen LogP contribution is -2.54. The van der Waals surface area contributed by atoms with Gasteiger partial charge < -0.3 is 20.5 Å². The summed E-state index contributed by atoms with van der Waals surface area (Å²) in [4.78, 5) is 40.4. The Bertz CT molecular complexity index is 854. The molecule has 5 atom stereocenters. The van der Waals surface area contributed by atoms with Crippen LogP contribution in [0, 0.1) is 11.8 Å². The van der Waals surface area contributed by atoms with Gasteiger partial charge in [-0.25, -0.2) is 0 Å². The highest BCUT2D eigenvalue weighted by molar-refractivity contribution is 5.83. The molecule has 8 heteroatoms. The summed E-state index contributed by atoms with van der Waals surface area (Å²) in [5.41, 5.74) is 0.482. The van der Waals surface area contributed by atoms with Gasteiger partial charge >= 0.3 is 5.97 Å². The molecule has 1 aliphatic heterocycles. The lowest BCUT2D eigenvalue weighted by Gasteiger charge is -2.41. The number of amides is 2. The van der Waals surface area contributed by atoms with Gasteiger partial charge in [0.15, 0.2) is 0 Å². The summed E-state index contributed by atoms with van der Waals surface area (Å²) >= 11 is 0. The van der Waals surface area contributed by atoms with E-state index in [0.717, 1.165) is 18.4 Å². The maximum absolute atomic E-state index is 13.4. The van der Waals surface area contributed by atoms with Crippen LogP contribution in [0.25, 0.3) is 0 Å². The van der Waals surface area contributed by atoms with Gasteiger partial charge in [0.2, 0.25) is 11.8 Å². The second kappa shape index (κ2) is 13.7. The third kappa shape index (κ3) is 8.89. The molecular weight excluding hydrogens is 458 g/mol. The van der Waals surface area contributed by atoms with Crippen molar-refractivity contribution in [1.82, 2.24) is 15.5 Å². The first kappa shape index (κ1) is 29.8. The number of ether oxygens (including phenoxy) is 1. The van der Waals surface area contributed by atoms with E-state index < -0.39 is 17.6 Å². The zero-order valence-electron chi connectivity index (χ0n) is 22.8. The Morgan fingerprint density at radius 2 is 1.86 bits per heavy atom. The maximum Gasteiger partial charge on any atom is 0.323 e. The van der Waals surface area contributed by atoms with Crippen LogP contribution in [0.5, 0.6) is 0 Å². The Morgan fingerprint density at radius 3 is 2.42 bits per heavy atom. The molecule has 202 valence electrons. The van der Waals surface area contributed by atoms with Gasteiger partial charge in [-0.3, -0.25) is 19.3 Å². The largest absolute Gasteiger partial charge is 0.459 e. The average Bonchev–Trinajstić information content (AvgIpc) is 3.24. The normalized spacial score (nSPS) is 20.9. The van der Waals surface area contributed by atoms with Crippen LogP contribution in [0.1, 0.15) is 66.4 Å². The number of likely N-dealkylation sites (tertiary alicyclic amines) is 1. The minimum absolute atomic E-state index is 0.0586. The molecule has 36 heavy (non-hydrogen) atoms. The lowest BCUT2D eigenvalue weighted by atomic mass is 9.83. The van der Waals surface area contributed by atoms with E-state index in [1.807, 2.05) is 45.9 Å². The molecule has 8 nitrogen and oxygen atoms in total. The standard InChI is InChI=1S/C28H45N3O5/c1-7-11-23(19(2)30-20(3)33)24(16-21-12-9-8-10-13-21)31-18-22(26(34)29-14-15-32)17-25(31)27(35)36-28(4,5)6/h8-10,12-13,19,22-25,32H,7,11,14-18H2,1-6H3,(H,29,34)(H,30,33)/t19?,22?,23-,24-,25?/m0/s1. The van der Waals surface area contributed by atoms with Crippen molar-refractivity contribution in [2.45, 2.75) is 91.0 Å². The summed E-state index contributed by atoms with van der Waals surface area (Å²) in [6.07, 6.45) is 2.81. The number of nitrogens with one attached hydrogen (secondary N) is 2. The van der Waals surface area contributed by atoms with E-state index >= 15 is 0 Å². The molecule has 3 N–H and O–H groups in total. The van der Waals surface area contributed by atoms with Gasteiger partial charge in [-0.05, 0) is 58.4 Å². The molecule has 1 aromatic rings. The smallest absolute Gasteiger partial charge is 0.323 e. The number of aliphatic hydroxyl groups excluding tert-OH is 1. The summed E-state index contributed by atoms with van der Waals surface area (Å²) in [6, 6.07) is 9.33.